The lowest BCUT2D eigenvalue weighted by Crippen LogP contribution is -2.39. The lowest BCUT2D eigenvalue weighted by molar-refractivity contribution is 0.0398. The zero-order chi connectivity index (χ0) is 16.6. The molecule has 0 aromatic carbocycles. The van der Waals surface area contributed by atoms with Crippen molar-refractivity contribution in [3.05, 3.63) is 42.2 Å². The van der Waals surface area contributed by atoms with Crippen LogP contribution in [0.25, 0.3) is 0 Å². The topological polar surface area (TPSA) is 92.5 Å². The van der Waals surface area contributed by atoms with Crippen molar-refractivity contribution in [3.63, 3.8) is 0 Å². The van der Waals surface area contributed by atoms with Crippen molar-refractivity contribution in [2.45, 2.75) is 6.54 Å². The van der Waals surface area contributed by atoms with E-state index in [1.165, 1.54) is 6.33 Å². The molecule has 1 aliphatic heterocycles. The number of amides is 1. The molecule has 8 nitrogen and oxygen atoms in total. The summed E-state index contributed by atoms with van der Waals surface area (Å²) in [6.45, 7) is 5.46. The number of nitrogens with zero attached hydrogens (tertiary/aromatic N) is 3. The predicted octanol–water partition coefficient (Wildman–Crippen LogP) is 0.744. The molecule has 3 heterocycles. The van der Waals surface area contributed by atoms with Gasteiger partial charge in [0.15, 0.2) is 0 Å². The van der Waals surface area contributed by atoms with Gasteiger partial charge in [-0.3, -0.25) is 9.69 Å². The molecule has 1 amide bonds. The first kappa shape index (κ1) is 16.4. The molecule has 1 saturated heterocycles. The van der Waals surface area contributed by atoms with E-state index in [0.29, 0.717) is 23.8 Å². The Labute approximate surface area is 140 Å². The largest absolute Gasteiger partial charge is 0.467 e. The number of furan rings is 1. The van der Waals surface area contributed by atoms with Gasteiger partial charge in [0.25, 0.3) is 5.91 Å². The van der Waals surface area contributed by atoms with Gasteiger partial charge >= 0.3 is 0 Å². The standard InChI is InChI=1S/C16H21N5O3/c22-16(18-11-13-2-1-7-24-13)14-10-15(20-12-19-14)17-3-4-21-5-8-23-9-6-21/h1-2,7,10,12H,3-6,8-9,11H2,(H,18,22)(H,17,19,20). The van der Waals surface area contributed by atoms with Gasteiger partial charge in [-0.1, -0.05) is 0 Å². The van der Waals surface area contributed by atoms with E-state index in [1.807, 2.05) is 0 Å². The summed E-state index contributed by atoms with van der Waals surface area (Å²) >= 11 is 0. The number of hydrogen-bond acceptors (Lipinski definition) is 7. The molecule has 128 valence electrons. The first-order chi connectivity index (χ1) is 11.8. The van der Waals surface area contributed by atoms with E-state index in [2.05, 4.69) is 25.5 Å². The molecule has 8 heteroatoms. The molecule has 0 aliphatic carbocycles. The zero-order valence-corrected chi connectivity index (χ0v) is 13.4. The third-order valence-corrected chi connectivity index (χ3v) is 3.74. The van der Waals surface area contributed by atoms with Gasteiger partial charge in [-0.05, 0) is 12.1 Å². The van der Waals surface area contributed by atoms with Crippen molar-refractivity contribution in [3.8, 4) is 0 Å². The number of carbonyl (C=O) groups excluding carboxylic acids is 1. The number of carbonyl (C=O) groups is 1. The average molecular weight is 331 g/mol. The first-order valence-electron chi connectivity index (χ1n) is 7.98. The number of nitrogens with one attached hydrogen (secondary N) is 2. The fourth-order valence-electron chi connectivity index (χ4n) is 2.42. The molecule has 0 bridgehead atoms. The second-order valence-corrected chi connectivity index (χ2v) is 5.43. The maximum Gasteiger partial charge on any atom is 0.270 e. The van der Waals surface area contributed by atoms with Crippen LogP contribution in [0.4, 0.5) is 5.82 Å². The van der Waals surface area contributed by atoms with Crippen LogP contribution >= 0.6 is 0 Å². The Kier molecular flexibility index (Phi) is 5.75. The van der Waals surface area contributed by atoms with Crippen LogP contribution in [0.5, 0.6) is 0 Å². The van der Waals surface area contributed by atoms with Crippen molar-refractivity contribution >= 4 is 11.7 Å². The van der Waals surface area contributed by atoms with Crippen LogP contribution in [-0.4, -0.2) is 60.2 Å². The van der Waals surface area contributed by atoms with E-state index >= 15 is 0 Å². The SMILES string of the molecule is O=C(NCc1ccco1)c1cc(NCCN2CCOCC2)ncn1. The lowest BCUT2D eigenvalue weighted by Gasteiger charge is -2.26. The predicted molar refractivity (Wildman–Crippen MR) is 87.7 cm³/mol. The van der Waals surface area contributed by atoms with E-state index in [0.717, 1.165) is 39.4 Å². The highest BCUT2D eigenvalue weighted by Gasteiger charge is 2.11. The normalized spacial score (nSPS) is 15.2. The molecule has 0 atom stereocenters. The van der Waals surface area contributed by atoms with Gasteiger partial charge in [0, 0.05) is 32.2 Å². The average Bonchev–Trinajstić information content (AvgIpc) is 3.14. The molecule has 2 aromatic heterocycles. The zero-order valence-electron chi connectivity index (χ0n) is 13.4. The fourth-order valence-corrected chi connectivity index (χ4v) is 2.42. The molecule has 0 saturated carbocycles. The monoisotopic (exact) mass is 331 g/mol. The molecule has 1 fully saturated rings. The molecule has 1 aliphatic rings. The smallest absolute Gasteiger partial charge is 0.270 e. The van der Waals surface area contributed by atoms with Crippen molar-refractivity contribution < 1.29 is 13.9 Å². The molecule has 3 rings (SSSR count). The molecule has 0 radical (unpaired) electrons. The van der Waals surface area contributed by atoms with Gasteiger partial charge in [-0.15, -0.1) is 0 Å². The molecule has 24 heavy (non-hydrogen) atoms. The first-order valence-corrected chi connectivity index (χ1v) is 7.98. The Hall–Kier alpha value is -2.45. The molecule has 0 unspecified atom stereocenters. The molecular weight excluding hydrogens is 310 g/mol. The van der Waals surface area contributed by atoms with Gasteiger partial charge in [-0.25, -0.2) is 9.97 Å². The molecule has 2 aromatic rings. The van der Waals surface area contributed by atoms with Crippen LogP contribution in [0.3, 0.4) is 0 Å². The van der Waals surface area contributed by atoms with E-state index < -0.39 is 0 Å². The van der Waals surface area contributed by atoms with Crippen LogP contribution in [-0.2, 0) is 11.3 Å². The third kappa shape index (κ3) is 4.77. The summed E-state index contributed by atoms with van der Waals surface area (Å²) in [5, 5.41) is 5.99. The van der Waals surface area contributed by atoms with Gasteiger partial charge in [-0.2, -0.15) is 0 Å². The van der Waals surface area contributed by atoms with Crippen LogP contribution in [0.15, 0.2) is 35.2 Å². The second-order valence-electron chi connectivity index (χ2n) is 5.43. The van der Waals surface area contributed by atoms with Crippen LogP contribution in [0.2, 0.25) is 0 Å². The summed E-state index contributed by atoms with van der Waals surface area (Å²) in [7, 11) is 0. The summed E-state index contributed by atoms with van der Waals surface area (Å²) in [5.74, 6) is 1.08. The molecular formula is C16H21N5O3. The van der Waals surface area contributed by atoms with Crippen molar-refractivity contribution in [2.75, 3.05) is 44.7 Å². The van der Waals surface area contributed by atoms with E-state index in [9.17, 15) is 4.79 Å². The number of hydrogen-bond donors (Lipinski definition) is 2. The van der Waals surface area contributed by atoms with Gasteiger partial charge in [0.2, 0.25) is 0 Å². The van der Waals surface area contributed by atoms with Gasteiger partial charge in [0.05, 0.1) is 26.0 Å². The Morgan fingerprint density at radius 1 is 1.29 bits per heavy atom. The molecule has 2 N–H and O–H groups in total. The van der Waals surface area contributed by atoms with Gasteiger partial charge < -0.3 is 19.8 Å². The molecule has 0 spiro atoms. The fraction of sp³-hybridized carbons (Fsp3) is 0.438. The highest BCUT2D eigenvalue weighted by molar-refractivity contribution is 5.92. The van der Waals surface area contributed by atoms with Crippen LogP contribution in [0, 0.1) is 0 Å². The summed E-state index contributed by atoms with van der Waals surface area (Å²) in [5.41, 5.74) is 0.324. The maximum absolute atomic E-state index is 12.1. The Bertz CT molecular complexity index is 641. The number of ether oxygens (including phenoxy) is 1. The summed E-state index contributed by atoms with van der Waals surface area (Å²) in [6.07, 6.45) is 2.96. The lowest BCUT2D eigenvalue weighted by atomic mass is 10.3. The van der Waals surface area contributed by atoms with Crippen LogP contribution in [0.1, 0.15) is 16.2 Å². The van der Waals surface area contributed by atoms with Crippen molar-refractivity contribution in [1.82, 2.24) is 20.2 Å². The van der Waals surface area contributed by atoms with Crippen molar-refractivity contribution in [2.24, 2.45) is 0 Å². The number of aromatic nitrogens is 2. The summed E-state index contributed by atoms with van der Waals surface area (Å²) in [6, 6.07) is 5.23. The van der Waals surface area contributed by atoms with Gasteiger partial charge in [0.1, 0.15) is 23.6 Å². The highest BCUT2D eigenvalue weighted by Crippen LogP contribution is 2.05. The van der Waals surface area contributed by atoms with E-state index in [-0.39, 0.29) is 5.91 Å². The third-order valence-electron chi connectivity index (χ3n) is 3.74. The quantitative estimate of drug-likeness (QED) is 0.773. The number of rotatable bonds is 7. The summed E-state index contributed by atoms with van der Waals surface area (Å²) < 4.78 is 10.5. The highest BCUT2D eigenvalue weighted by atomic mass is 16.5. The second kappa shape index (κ2) is 8.42. The Morgan fingerprint density at radius 2 is 2.17 bits per heavy atom. The Morgan fingerprint density at radius 3 is 2.96 bits per heavy atom. The van der Waals surface area contributed by atoms with Crippen molar-refractivity contribution in [1.29, 1.82) is 0 Å². The maximum atomic E-state index is 12.1. The summed E-state index contributed by atoms with van der Waals surface area (Å²) in [4.78, 5) is 22.6. The number of anilines is 1. The minimum Gasteiger partial charge on any atom is -0.467 e. The minimum absolute atomic E-state index is 0.259. The number of morpholine rings is 1. The minimum atomic E-state index is -0.259. The Balaban J connectivity index is 1.46. The van der Waals surface area contributed by atoms with E-state index in [4.69, 9.17) is 9.15 Å². The van der Waals surface area contributed by atoms with Crippen LogP contribution < -0.4 is 10.6 Å². The van der Waals surface area contributed by atoms with E-state index in [1.54, 1.807) is 24.5 Å².